The quantitative estimate of drug-likeness (QED) is 0.670. The van der Waals surface area contributed by atoms with E-state index in [2.05, 4.69) is 24.1 Å². The maximum atomic E-state index is 10.2. The third-order valence-electron chi connectivity index (χ3n) is 4.14. The van der Waals surface area contributed by atoms with Gasteiger partial charge in [-0.2, -0.15) is 0 Å². The fraction of sp³-hybridized carbons (Fsp3) is 0.600. The molecule has 2 rings (SSSR count). The van der Waals surface area contributed by atoms with E-state index in [0.29, 0.717) is 11.5 Å². The average Bonchev–Trinajstić information content (AvgIpc) is 2.42. The van der Waals surface area contributed by atoms with E-state index in [9.17, 15) is 15.3 Å². The van der Waals surface area contributed by atoms with Crippen LogP contribution in [-0.2, 0) is 0 Å². The van der Waals surface area contributed by atoms with Crippen LogP contribution in [0.15, 0.2) is 12.1 Å². The first-order valence-corrected chi connectivity index (χ1v) is 7.24. The first-order valence-electron chi connectivity index (χ1n) is 7.24. The second-order valence-electron chi connectivity index (χ2n) is 5.51. The number of nitrogens with one attached hydrogen (secondary N) is 1. The molecule has 0 amide bonds. The Kier molecular flexibility index (Phi) is 8.93. The summed E-state index contributed by atoms with van der Waals surface area (Å²) in [6.45, 7) is 7.81. The molecule has 0 bridgehead atoms. The minimum atomic E-state index is -0.119. The number of nitrogens with zero attached hydrogens (tertiary/aromatic N) is 1. The molecule has 1 heterocycles. The van der Waals surface area contributed by atoms with Gasteiger partial charge in [0.2, 0.25) is 0 Å². The Hall–Kier alpha value is -0.880. The highest BCUT2D eigenvalue weighted by Gasteiger charge is 2.31. The lowest BCUT2D eigenvalue weighted by Crippen LogP contribution is -2.46. The second kappa shape index (κ2) is 9.30. The largest absolute Gasteiger partial charge is 0.508 e. The van der Waals surface area contributed by atoms with E-state index in [4.69, 9.17) is 0 Å². The second-order valence-corrected chi connectivity index (χ2v) is 5.51. The van der Waals surface area contributed by atoms with Gasteiger partial charge in [-0.05, 0) is 5.92 Å². The Morgan fingerprint density at radius 3 is 2.05 bits per heavy atom. The van der Waals surface area contributed by atoms with E-state index < -0.39 is 0 Å². The molecule has 0 saturated carbocycles. The molecular formula is C15H26Cl2N2O3. The maximum absolute atomic E-state index is 10.2. The van der Waals surface area contributed by atoms with Crippen LogP contribution in [0.25, 0.3) is 0 Å². The molecule has 1 aromatic rings. The van der Waals surface area contributed by atoms with Crippen molar-refractivity contribution in [1.29, 1.82) is 0 Å². The first kappa shape index (κ1) is 21.1. The first-order chi connectivity index (χ1) is 9.54. The predicted octanol–water partition coefficient (Wildman–Crippen LogP) is 2.64. The predicted molar refractivity (Wildman–Crippen MR) is 92.6 cm³/mol. The fourth-order valence-corrected chi connectivity index (χ4v) is 2.92. The van der Waals surface area contributed by atoms with Gasteiger partial charge in [0.15, 0.2) is 0 Å². The van der Waals surface area contributed by atoms with E-state index in [1.807, 2.05) is 0 Å². The molecule has 128 valence electrons. The van der Waals surface area contributed by atoms with Gasteiger partial charge in [-0.15, -0.1) is 24.8 Å². The fourth-order valence-electron chi connectivity index (χ4n) is 2.92. The molecule has 7 heteroatoms. The summed E-state index contributed by atoms with van der Waals surface area (Å²) in [6.07, 6.45) is 0.953. The highest BCUT2D eigenvalue weighted by atomic mass is 35.5. The molecule has 2 atom stereocenters. The molecule has 1 fully saturated rings. The summed E-state index contributed by atoms with van der Waals surface area (Å²) in [4.78, 5) is 2.29. The Bertz CT molecular complexity index is 445. The number of aromatic hydroxyl groups is 3. The summed E-state index contributed by atoms with van der Waals surface area (Å²) in [7, 11) is 0. The van der Waals surface area contributed by atoms with Gasteiger partial charge in [-0.1, -0.05) is 20.3 Å². The topological polar surface area (TPSA) is 76.0 Å². The number of piperazine rings is 1. The van der Waals surface area contributed by atoms with E-state index in [0.717, 1.165) is 32.6 Å². The zero-order valence-electron chi connectivity index (χ0n) is 13.0. The smallest absolute Gasteiger partial charge is 0.127 e. The van der Waals surface area contributed by atoms with Gasteiger partial charge in [0, 0.05) is 44.4 Å². The lowest BCUT2D eigenvalue weighted by molar-refractivity contribution is 0.124. The molecule has 1 saturated heterocycles. The van der Waals surface area contributed by atoms with Crippen LogP contribution in [0.2, 0.25) is 0 Å². The molecule has 1 unspecified atom stereocenters. The molecular weight excluding hydrogens is 327 g/mol. The number of hydrogen-bond donors (Lipinski definition) is 4. The van der Waals surface area contributed by atoms with Gasteiger partial charge in [0.05, 0.1) is 5.56 Å². The number of benzene rings is 1. The summed E-state index contributed by atoms with van der Waals surface area (Å²) in [6, 6.07) is 2.56. The van der Waals surface area contributed by atoms with Gasteiger partial charge in [0.1, 0.15) is 17.2 Å². The summed E-state index contributed by atoms with van der Waals surface area (Å²) in [5.41, 5.74) is 0.527. The number of rotatable bonds is 4. The maximum Gasteiger partial charge on any atom is 0.127 e. The number of phenols is 3. The SMILES string of the molecule is CCC(C)[C@@H](c1c(O)cc(O)cc1O)N1CCNCC1.Cl.Cl. The number of phenolic OH excluding ortho intramolecular Hbond substituents is 3. The molecule has 4 N–H and O–H groups in total. The van der Waals surface area contributed by atoms with Crippen molar-refractivity contribution in [1.82, 2.24) is 10.2 Å². The van der Waals surface area contributed by atoms with Crippen LogP contribution in [-0.4, -0.2) is 46.4 Å². The van der Waals surface area contributed by atoms with Crippen LogP contribution in [0.3, 0.4) is 0 Å². The van der Waals surface area contributed by atoms with Crippen molar-refractivity contribution in [2.24, 2.45) is 5.92 Å². The molecule has 1 aliphatic heterocycles. The molecule has 0 spiro atoms. The van der Waals surface area contributed by atoms with Crippen LogP contribution < -0.4 is 5.32 Å². The van der Waals surface area contributed by atoms with Crippen molar-refractivity contribution in [2.75, 3.05) is 26.2 Å². The van der Waals surface area contributed by atoms with Crippen molar-refractivity contribution in [3.63, 3.8) is 0 Å². The summed E-state index contributed by atoms with van der Waals surface area (Å²) < 4.78 is 0. The molecule has 1 aliphatic rings. The summed E-state index contributed by atoms with van der Waals surface area (Å²) >= 11 is 0. The van der Waals surface area contributed by atoms with Crippen molar-refractivity contribution in [3.05, 3.63) is 17.7 Å². The van der Waals surface area contributed by atoms with Crippen molar-refractivity contribution in [3.8, 4) is 17.2 Å². The third-order valence-corrected chi connectivity index (χ3v) is 4.14. The molecule has 0 aliphatic carbocycles. The lowest BCUT2D eigenvalue weighted by atomic mass is 9.89. The van der Waals surface area contributed by atoms with Crippen molar-refractivity contribution >= 4 is 24.8 Å². The average molecular weight is 353 g/mol. The number of hydrogen-bond acceptors (Lipinski definition) is 5. The Morgan fingerprint density at radius 2 is 1.59 bits per heavy atom. The van der Waals surface area contributed by atoms with Crippen LogP contribution in [0.5, 0.6) is 17.2 Å². The lowest BCUT2D eigenvalue weighted by Gasteiger charge is -2.38. The van der Waals surface area contributed by atoms with Crippen LogP contribution >= 0.6 is 24.8 Å². The van der Waals surface area contributed by atoms with Gasteiger partial charge in [-0.3, -0.25) is 4.90 Å². The van der Waals surface area contributed by atoms with Crippen molar-refractivity contribution < 1.29 is 15.3 Å². The van der Waals surface area contributed by atoms with E-state index in [-0.39, 0.29) is 48.1 Å². The minimum Gasteiger partial charge on any atom is -0.508 e. The Morgan fingerprint density at radius 1 is 1.09 bits per heavy atom. The minimum absolute atomic E-state index is 0. The van der Waals surface area contributed by atoms with Gasteiger partial charge >= 0.3 is 0 Å². The van der Waals surface area contributed by atoms with Crippen LogP contribution in [0, 0.1) is 5.92 Å². The standard InChI is InChI=1S/C15H24N2O3.2ClH/c1-3-10(2)15(17-6-4-16-5-7-17)14-12(19)8-11(18)9-13(14)20;;/h8-10,15-16,18-20H,3-7H2,1-2H3;2*1H/t10?,15-;;/m0../s1. The summed E-state index contributed by atoms with van der Waals surface area (Å²) in [5, 5.41) is 33.1. The van der Waals surface area contributed by atoms with Crippen molar-refractivity contribution in [2.45, 2.75) is 26.3 Å². The van der Waals surface area contributed by atoms with Gasteiger partial charge in [-0.25, -0.2) is 0 Å². The molecule has 5 nitrogen and oxygen atoms in total. The van der Waals surface area contributed by atoms with E-state index in [1.165, 1.54) is 12.1 Å². The van der Waals surface area contributed by atoms with Gasteiger partial charge < -0.3 is 20.6 Å². The molecule has 22 heavy (non-hydrogen) atoms. The highest BCUT2D eigenvalue weighted by Crippen LogP contribution is 2.43. The van der Waals surface area contributed by atoms with Crippen LogP contribution in [0.4, 0.5) is 0 Å². The third kappa shape index (κ3) is 4.56. The molecule has 0 aromatic heterocycles. The molecule has 1 aromatic carbocycles. The zero-order chi connectivity index (χ0) is 14.7. The summed E-state index contributed by atoms with van der Waals surface area (Å²) in [5.74, 6) is 0.110. The highest BCUT2D eigenvalue weighted by molar-refractivity contribution is 5.85. The zero-order valence-corrected chi connectivity index (χ0v) is 14.6. The van der Waals surface area contributed by atoms with Crippen LogP contribution in [0.1, 0.15) is 31.9 Å². The monoisotopic (exact) mass is 352 g/mol. The van der Waals surface area contributed by atoms with E-state index >= 15 is 0 Å². The molecule has 0 radical (unpaired) electrons. The number of halogens is 2. The normalized spacial score (nSPS) is 17.9. The van der Waals surface area contributed by atoms with Gasteiger partial charge in [0.25, 0.3) is 0 Å². The Balaban J connectivity index is 0.00000220. The Labute approximate surface area is 144 Å². The van der Waals surface area contributed by atoms with E-state index in [1.54, 1.807) is 0 Å².